The Bertz CT molecular complexity index is 1020. The standard InChI is InChI=1S/C26H34BNO8/c1-15-10-11-19(29)23-20(35-26(3,4)36-23)9-7-8-17-12-18(28(5)25(27)31)13-21(33-14-32-6)22(17)24(30)34-16(15)2/h7-8,10-13,15-16,19-20,23,29H,9,14H2,1-6H3/t15-,16+,19?,20+,23?/m1/s1. The van der Waals surface area contributed by atoms with E-state index in [0.29, 0.717) is 17.7 Å². The van der Waals surface area contributed by atoms with Crippen molar-refractivity contribution in [2.24, 2.45) is 5.92 Å². The largest absolute Gasteiger partial charge is 0.467 e. The molecule has 1 aromatic rings. The zero-order valence-electron chi connectivity index (χ0n) is 21.6. The first-order chi connectivity index (χ1) is 16.9. The lowest BCUT2D eigenvalue weighted by molar-refractivity contribution is -0.152. The van der Waals surface area contributed by atoms with E-state index >= 15 is 0 Å². The summed E-state index contributed by atoms with van der Waals surface area (Å²) in [6, 6.07) is 3.19. The molecule has 1 amide bonds. The van der Waals surface area contributed by atoms with Crippen LogP contribution < -0.4 is 9.64 Å². The summed E-state index contributed by atoms with van der Waals surface area (Å²) in [5, 5.41) is 10.8. The highest BCUT2D eigenvalue weighted by molar-refractivity contribution is 6.60. The van der Waals surface area contributed by atoms with Gasteiger partial charge in [0.15, 0.2) is 18.4 Å². The second-order valence-electron chi connectivity index (χ2n) is 9.48. The van der Waals surface area contributed by atoms with E-state index in [0.717, 1.165) is 0 Å². The molecule has 5 atom stereocenters. The van der Waals surface area contributed by atoms with Crippen molar-refractivity contribution in [2.45, 2.75) is 64.3 Å². The summed E-state index contributed by atoms with van der Waals surface area (Å²) in [7, 11) is 8.45. The summed E-state index contributed by atoms with van der Waals surface area (Å²) >= 11 is 0. The molecule has 0 spiro atoms. The molecule has 2 unspecified atom stereocenters. The van der Waals surface area contributed by atoms with Crippen LogP contribution in [0.4, 0.5) is 10.5 Å². The molecule has 0 saturated carbocycles. The van der Waals surface area contributed by atoms with Crippen LogP contribution in [0, 0.1) is 5.92 Å². The molecule has 10 heteroatoms. The minimum Gasteiger partial charge on any atom is -0.467 e. The number of ether oxygens (including phenoxy) is 5. The van der Waals surface area contributed by atoms with E-state index in [-0.39, 0.29) is 24.0 Å². The Morgan fingerprint density at radius 2 is 1.97 bits per heavy atom. The number of aliphatic hydroxyl groups is 1. The minimum atomic E-state index is -0.907. The van der Waals surface area contributed by atoms with Crippen LogP contribution in [-0.4, -0.2) is 75.9 Å². The maximum absolute atomic E-state index is 13.4. The number of cyclic esters (lactones) is 1. The van der Waals surface area contributed by atoms with E-state index in [2.05, 4.69) is 0 Å². The zero-order valence-corrected chi connectivity index (χ0v) is 21.6. The fourth-order valence-corrected chi connectivity index (χ4v) is 4.08. The van der Waals surface area contributed by atoms with Crippen molar-refractivity contribution < 1.29 is 38.4 Å². The lowest BCUT2D eigenvalue weighted by Gasteiger charge is -2.24. The highest BCUT2D eigenvalue weighted by Crippen LogP contribution is 2.35. The molecule has 1 saturated heterocycles. The molecule has 194 valence electrons. The number of benzene rings is 1. The predicted molar refractivity (Wildman–Crippen MR) is 135 cm³/mol. The Kier molecular flexibility index (Phi) is 9.00. The number of fused-ring (bicyclic) bond motifs is 2. The van der Waals surface area contributed by atoms with E-state index in [1.165, 1.54) is 25.1 Å². The summed E-state index contributed by atoms with van der Waals surface area (Å²) < 4.78 is 28.5. The molecule has 1 fully saturated rings. The highest BCUT2D eigenvalue weighted by Gasteiger charge is 2.43. The van der Waals surface area contributed by atoms with Gasteiger partial charge in [0.05, 0.1) is 6.10 Å². The predicted octanol–water partition coefficient (Wildman–Crippen LogP) is 3.43. The van der Waals surface area contributed by atoms with Crippen molar-refractivity contribution in [1.29, 1.82) is 0 Å². The van der Waals surface area contributed by atoms with Gasteiger partial charge in [0.2, 0.25) is 7.85 Å². The number of aliphatic hydroxyl groups excluding tert-OH is 1. The summed E-state index contributed by atoms with van der Waals surface area (Å²) in [6.07, 6.45) is 4.95. The molecule has 1 aromatic carbocycles. The summed E-state index contributed by atoms with van der Waals surface area (Å²) in [5.74, 6) is -2.16. The third kappa shape index (κ3) is 6.56. The lowest BCUT2D eigenvalue weighted by atomic mass is 9.98. The van der Waals surface area contributed by atoms with Gasteiger partial charge in [-0.1, -0.05) is 31.2 Å². The monoisotopic (exact) mass is 499 g/mol. The summed E-state index contributed by atoms with van der Waals surface area (Å²) in [6.45, 7) is 7.13. The van der Waals surface area contributed by atoms with Gasteiger partial charge in [-0.3, -0.25) is 4.79 Å². The molecule has 1 N–H and O–H groups in total. The van der Waals surface area contributed by atoms with Crippen LogP contribution in [0.5, 0.6) is 5.75 Å². The molecule has 36 heavy (non-hydrogen) atoms. The molecule has 2 heterocycles. The fraction of sp³-hybridized carbons (Fsp3) is 0.538. The van der Waals surface area contributed by atoms with Gasteiger partial charge < -0.3 is 33.7 Å². The number of carbonyl (C=O) groups is 2. The van der Waals surface area contributed by atoms with Crippen LogP contribution >= 0.6 is 0 Å². The zero-order chi connectivity index (χ0) is 26.6. The summed E-state index contributed by atoms with van der Waals surface area (Å²) in [4.78, 5) is 26.4. The first-order valence-corrected chi connectivity index (χ1v) is 11.9. The molecule has 2 aliphatic rings. The molecule has 0 aromatic heterocycles. The molecule has 0 bridgehead atoms. The quantitative estimate of drug-likeness (QED) is 0.291. The number of rotatable bonds is 4. The number of hydrogen-bond acceptors (Lipinski definition) is 8. The molecule has 0 aliphatic carbocycles. The van der Waals surface area contributed by atoms with Crippen molar-refractivity contribution in [1.82, 2.24) is 0 Å². The third-order valence-electron chi connectivity index (χ3n) is 6.24. The highest BCUT2D eigenvalue weighted by atomic mass is 16.8. The molecule has 2 radical (unpaired) electrons. The van der Waals surface area contributed by atoms with Gasteiger partial charge in [0, 0.05) is 31.8 Å². The first kappa shape index (κ1) is 27.9. The SMILES string of the molecule is [B]C(=O)N(C)c1cc2c(c(OCOC)c1)C(=O)O[C@@H](C)[C@H](C)C=CC(O)C1OC(C)(C)O[C@H]1CC=C2. The molecule has 9 nitrogen and oxygen atoms in total. The maximum atomic E-state index is 13.4. The van der Waals surface area contributed by atoms with Gasteiger partial charge in [-0.2, -0.15) is 0 Å². The Hall–Kier alpha value is -2.66. The number of anilines is 1. The van der Waals surface area contributed by atoms with Crippen LogP contribution in [0.15, 0.2) is 30.4 Å². The van der Waals surface area contributed by atoms with E-state index in [1.807, 2.05) is 13.0 Å². The van der Waals surface area contributed by atoms with Crippen molar-refractivity contribution >= 4 is 31.4 Å². The molecular weight excluding hydrogens is 465 g/mol. The van der Waals surface area contributed by atoms with Gasteiger partial charge in [0.25, 0.3) is 0 Å². The van der Waals surface area contributed by atoms with Gasteiger partial charge in [0.1, 0.15) is 29.6 Å². The molecular formula is C26H34BNO8. The number of methoxy groups -OCH3 is 1. The number of carbonyl (C=O) groups excluding carboxylic acids is 2. The Morgan fingerprint density at radius 1 is 1.25 bits per heavy atom. The van der Waals surface area contributed by atoms with Crippen molar-refractivity contribution in [3.05, 3.63) is 41.5 Å². The summed E-state index contributed by atoms with van der Waals surface area (Å²) in [5.41, 5.74) is 1.06. The van der Waals surface area contributed by atoms with Crippen LogP contribution in [-0.2, 0) is 18.9 Å². The van der Waals surface area contributed by atoms with Gasteiger partial charge >= 0.3 is 5.97 Å². The first-order valence-electron chi connectivity index (χ1n) is 11.9. The number of nitrogens with zero attached hydrogens (tertiary/aromatic N) is 1. The van der Waals surface area contributed by atoms with Gasteiger partial charge in [-0.15, -0.1) is 0 Å². The Labute approximate surface area is 213 Å². The van der Waals surface area contributed by atoms with E-state index < -0.39 is 42.0 Å². The Balaban J connectivity index is 2.12. The van der Waals surface area contributed by atoms with Crippen molar-refractivity contribution in [3.8, 4) is 5.75 Å². The number of hydrogen-bond donors (Lipinski definition) is 1. The second-order valence-corrected chi connectivity index (χ2v) is 9.48. The van der Waals surface area contributed by atoms with Crippen LogP contribution in [0.25, 0.3) is 6.08 Å². The smallest absolute Gasteiger partial charge is 0.342 e. The maximum Gasteiger partial charge on any atom is 0.342 e. The second kappa shape index (κ2) is 11.6. The molecule has 3 rings (SSSR count). The van der Waals surface area contributed by atoms with Crippen LogP contribution in [0.1, 0.15) is 50.0 Å². The Morgan fingerprint density at radius 3 is 2.64 bits per heavy atom. The lowest BCUT2D eigenvalue weighted by Crippen LogP contribution is -2.34. The molecule has 2 aliphatic heterocycles. The van der Waals surface area contributed by atoms with Gasteiger partial charge in [-0.05, 0) is 38.8 Å². The average Bonchev–Trinajstić information content (AvgIpc) is 3.13. The number of esters is 1. The van der Waals surface area contributed by atoms with Crippen molar-refractivity contribution in [2.75, 3.05) is 25.9 Å². The van der Waals surface area contributed by atoms with Crippen molar-refractivity contribution in [3.63, 3.8) is 0 Å². The fourth-order valence-electron chi connectivity index (χ4n) is 4.08. The van der Waals surface area contributed by atoms with E-state index in [9.17, 15) is 14.7 Å². The van der Waals surface area contributed by atoms with Crippen LogP contribution in [0.2, 0.25) is 0 Å². The normalized spacial score (nSPS) is 28.0. The average molecular weight is 499 g/mol. The third-order valence-corrected chi connectivity index (χ3v) is 6.24. The topological polar surface area (TPSA) is 104 Å². The van der Waals surface area contributed by atoms with Crippen LogP contribution in [0.3, 0.4) is 0 Å². The van der Waals surface area contributed by atoms with E-state index in [1.54, 1.807) is 45.1 Å². The number of amides is 1. The minimum absolute atomic E-state index is 0.121. The van der Waals surface area contributed by atoms with Gasteiger partial charge in [-0.25, -0.2) is 4.79 Å². The van der Waals surface area contributed by atoms with E-state index in [4.69, 9.17) is 31.5 Å².